The van der Waals surface area contributed by atoms with E-state index in [1.54, 1.807) is 0 Å². The lowest BCUT2D eigenvalue weighted by molar-refractivity contribution is -0.123. The highest BCUT2D eigenvalue weighted by Gasteiger charge is 2.53. The van der Waals surface area contributed by atoms with E-state index < -0.39 is 0 Å². The van der Waals surface area contributed by atoms with Gasteiger partial charge in [-0.1, -0.05) is 48.0 Å². The van der Waals surface area contributed by atoms with Crippen LogP contribution in [0.2, 0.25) is 0 Å². The van der Waals surface area contributed by atoms with Crippen molar-refractivity contribution >= 4 is 16.8 Å². The molecule has 0 bridgehead atoms. The molecule has 1 saturated carbocycles. The first kappa shape index (κ1) is 15.0. The molecule has 24 heavy (non-hydrogen) atoms. The summed E-state index contributed by atoms with van der Waals surface area (Å²) in [6, 6.07) is 16.5. The number of aromatic nitrogens is 1. The van der Waals surface area contributed by atoms with Gasteiger partial charge in [-0.15, -0.1) is 0 Å². The van der Waals surface area contributed by atoms with Crippen LogP contribution in [0.1, 0.15) is 35.2 Å². The van der Waals surface area contributed by atoms with E-state index in [4.69, 9.17) is 0 Å². The Morgan fingerprint density at radius 2 is 1.92 bits per heavy atom. The highest BCUT2D eigenvalue weighted by atomic mass is 16.2. The lowest BCUT2D eigenvalue weighted by Gasteiger charge is -2.16. The quantitative estimate of drug-likeness (QED) is 0.746. The van der Waals surface area contributed by atoms with Gasteiger partial charge in [-0.3, -0.25) is 4.79 Å². The summed E-state index contributed by atoms with van der Waals surface area (Å²) in [5.41, 5.74) is 5.42. The van der Waals surface area contributed by atoms with Crippen LogP contribution in [-0.2, 0) is 16.8 Å². The van der Waals surface area contributed by atoms with Gasteiger partial charge >= 0.3 is 0 Å². The molecule has 1 aliphatic carbocycles. The van der Waals surface area contributed by atoms with Gasteiger partial charge in [0.2, 0.25) is 5.91 Å². The van der Waals surface area contributed by atoms with Crippen molar-refractivity contribution < 1.29 is 4.79 Å². The van der Waals surface area contributed by atoms with E-state index in [2.05, 4.69) is 54.5 Å². The van der Waals surface area contributed by atoms with Crippen LogP contribution in [0.15, 0.2) is 48.5 Å². The van der Waals surface area contributed by atoms with Gasteiger partial charge in [0.1, 0.15) is 0 Å². The number of H-pyrrole nitrogens is 1. The van der Waals surface area contributed by atoms with Crippen LogP contribution in [0.4, 0.5) is 0 Å². The lowest BCUT2D eigenvalue weighted by Crippen LogP contribution is -2.34. The summed E-state index contributed by atoms with van der Waals surface area (Å²) in [5, 5.41) is 4.34. The predicted octanol–water partition coefficient (Wildman–Crippen LogP) is 4.13. The second kappa shape index (κ2) is 5.52. The fraction of sp³-hybridized carbons (Fsp3) is 0.286. The number of fused-ring (bicyclic) bond motifs is 1. The minimum Gasteiger partial charge on any atom is -0.358 e. The summed E-state index contributed by atoms with van der Waals surface area (Å²) < 4.78 is 0. The maximum atomic E-state index is 13.0. The second-order valence-corrected chi connectivity index (χ2v) is 6.92. The SMILES string of the molecule is Cc1cccc(CNC(=O)C2(c3c(C)[nH]c4ccccc34)CC2)c1. The Kier molecular flexibility index (Phi) is 3.45. The molecular weight excluding hydrogens is 296 g/mol. The molecule has 4 rings (SSSR count). The van der Waals surface area contributed by atoms with E-state index in [-0.39, 0.29) is 11.3 Å². The number of amides is 1. The second-order valence-electron chi connectivity index (χ2n) is 6.92. The molecule has 0 aliphatic heterocycles. The van der Waals surface area contributed by atoms with E-state index in [1.807, 2.05) is 18.2 Å². The van der Waals surface area contributed by atoms with Crippen LogP contribution < -0.4 is 5.32 Å². The van der Waals surface area contributed by atoms with Crippen molar-refractivity contribution in [2.45, 2.75) is 38.6 Å². The van der Waals surface area contributed by atoms with Crippen LogP contribution in [0.3, 0.4) is 0 Å². The first-order valence-corrected chi connectivity index (χ1v) is 8.52. The van der Waals surface area contributed by atoms with E-state index >= 15 is 0 Å². The minimum atomic E-state index is -0.354. The summed E-state index contributed by atoms with van der Waals surface area (Å²) in [6.45, 7) is 4.73. The van der Waals surface area contributed by atoms with Crippen molar-refractivity contribution in [1.29, 1.82) is 0 Å². The summed E-state index contributed by atoms with van der Waals surface area (Å²) in [7, 11) is 0. The molecule has 3 aromatic rings. The Labute approximate surface area is 142 Å². The number of para-hydroxylation sites is 1. The zero-order chi connectivity index (χ0) is 16.7. The number of aromatic amines is 1. The molecule has 1 aliphatic rings. The molecule has 2 N–H and O–H groups in total. The maximum Gasteiger partial charge on any atom is 0.231 e. The monoisotopic (exact) mass is 318 g/mol. The van der Waals surface area contributed by atoms with Gasteiger partial charge in [0.25, 0.3) is 0 Å². The van der Waals surface area contributed by atoms with Gasteiger partial charge in [0, 0.05) is 23.1 Å². The van der Waals surface area contributed by atoms with Gasteiger partial charge in [-0.25, -0.2) is 0 Å². The molecule has 0 atom stereocenters. The van der Waals surface area contributed by atoms with Gasteiger partial charge in [-0.05, 0) is 43.9 Å². The van der Waals surface area contributed by atoms with E-state index in [0.717, 1.165) is 29.6 Å². The molecule has 2 aromatic carbocycles. The van der Waals surface area contributed by atoms with E-state index in [9.17, 15) is 4.79 Å². The van der Waals surface area contributed by atoms with Crippen molar-refractivity contribution in [1.82, 2.24) is 10.3 Å². The Balaban J connectivity index is 1.60. The van der Waals surface area contributed by atoms with Crippen molar-refractivity contribution in [3.63, 3.8) is 0 Å². The van der Waals surface area contributed by atoms with Crippen LogP contribution in [0, 0.1) is 13.8 Å². The number of hydrogen-bond acceptors (Lipinski definition) is 1. The number of carbonyl (C=O) groups is 1. The summed E-state index contributed by atoms with van der Waals surface area (Å²) in [6.07, 6.45) is 1.85. The zero-order valence-electron chi connectivity index (χ0n) is 14.1. The molecule has 3 nitrogen and oxygen atoms in total. The third-order valence-electron chi connectivity index (χ3n) is 5.09. The van der Waals surface area contributed by atoms with Crippen molar-refractivity contribution in [2.75, 3.05) is 0 Å². The fourth-order valence-electron chi connectivity index (χ4n) is 3.78. The molecule has 0 saturated heterocycles. The zero-order valence-corrected chi connectivity index (χ0v) is 14.1. The minimum absolute atomic E-state index is 0.150. The summed E-state index contributed by atoms with van der Waals surface area (Å²) in [5.74, 6) is 0.150. The lowest BCUT2D eigenvalue weighted by atomic mass is 9.92. The number of nitrogens with one attached hydrogen (secondary N) is 2. The fourth-order valence-corrected chi connectivity index (χ4v) is 3.78. The van der Waals surface area contributed by atoms with E-state index in [1.165, 1.54) is 16.5 Å². The number of rotatable bonds is 4. The first-order chi connectivity index (χ1) is 11.6. The average Bonchev–Trinajstić information content (AvgIpc) is 3.29. The largest absolute Gasteiger partial charge is 0.358 e. The molecule has 1 aromatic heterocycles. The number of benzene rings is 2. The maximum absolute atomic E-state index is 13.0. The molecule has 0 spiro atoms. The van der Waals surface area contributed by atoms with Crippen molar-refractivity contribution in [3.05, 3.63) is 70.9 Å². The first-order valence-electron chi connectivity index (χ1n) is 8.52. The molecule has 0 radical (unpaired) electrons. The Morgan fingerprint density at radius 3 is 2.67 bits per heavy atom. The van der Waals surface area contributed by atoms with Gasteiger partial charge in [0.15, 0.2) is 0 Å². The molecular formula is C21H22N2O. The number of aryl methyl sites for hydroxylation is 2. The van der Waals surface area contributed by atoms with Crippen LogP contribution in [-0.4, -0.2) is 10.9 Å². The molecule has 1 amide bonds. The number of hydrogen-bond donors (Lipinski definition) is 2. The van der Waals surface area contributed by atoms with Gasteiger partial charge in [0.05, 0.1) is 5.41 Å². The standard InChI is InChI=1S/C21H22N2O/c1-14-6-5-7-16(12-14)13-22-20(24)21(10-11-21)19-15(2)23-18-9-4-3-8-17(18)19/h3-9,12,23H,10-11,13H2,1-2H3,(H,22,24). The third-order valence-corrected chi connectivity index (χ3v) is 5.09. The molecule has 1 fully saturated rings. The average molecular weight is 318 g/mol. The van der Waals surface area contributed by atoms with Crippen LogP contribution in [0.5, 0.6) is 0 Å². The van der Waals surface area contributed by atoms with Crippen LogP contribution in [0.25, 0.3) is 10.9 Å². The smallest absolute Gasteiger partial charge is 0.231 e. The Bertz CT molecular complexity index is 918. The Hall–Kier alpha value is -2.55. The van der Waals surface area contributed by atoms with Gasteiger partial charge in [-0.2, -0.15) is 0 Å². The van der Waals surface area contributed by atoms with E-state index in [0.29, 0.717) is 6.54 Å². The Morgan fingerprint density at radius 1 is 1.12 bits per heavy atom. The third kappa shape index (κ3) is 2.41. The normalized spacial score (nSPS) is 15.4. The van der Waals surface area contributed by atoms with Crippen molar-refractivity contribution in [3.8, 4) is 0 Å². The predicted molar refractivity (Wildman–Crippen MR) is 97.0 cm³/mol. The van der Waals surface area contributed by atoms with Gasteiger partial charge < -0.3 is 10.3 Å². The summed E-state index contributed by atoms with van der Waals surface area (Å²) >= 11 is 0. The molecule has 0 unspecified atom stereocenters. The summed E-state index contributed by atoms with van der Waals surface area (Å²) in [4.78, 5) is 16.4. The molecule has 122 valence electrons. The number of carbonyl (C=O) groups excluding carboxylic acids is 1. The highest BCUT2D eigenvalue weighted by Crippen LogP contribution is 2.52. The van der Waals surface area contributed by atoms with Crippen LogP contribution >= 0.6 is 0 Å². The highest BCUT2D eigenvalue weighted by molar-refractivity contribution is 5.98. The molecule has 3 heteroatoms. The van der Waals surface area contributed by atoms with Crippen molar-refractivity contribution in [2.24, 2.45) is 0 Å². The molecule has 1 heterocycles. The topological polar surface area (TPSA) is 44.9 Å².